The molecule has 0 heterocycles. The third kappa shape index (κ3) is 5.14. The van der Waals surface area contributed by atoms with Crippen molar-refractivity contribution < 1.29 is 5.11 Å². The van der Waals surface area contributed by atoms with E-state index < -0.39 is 0 Å². The van der Waals surface area contributed by atoms with Gasteiger partial charge < -0.3 is 15.3 Å². The fourth-order valence-electron chi connectivity index (χ4n) is 2.36. The van der Waals surface area contributed by atoms with Crippen LogP contribution < -0.4 is 5.32 Å². The number of rotatable bonds is 7. The predicted molar refractivity (Wildman–Crippen MR) is 87.4 cm³/mol. The van der Waals surface area contributed by atoms with Gasteiger partial charge in [-0.25, -0.2) is 0 Å². The lowest BCUT2D eigenvalue weighted by Gasteiger charge is -2.25. The van der Waals surface area contributed by atoms with Gasteiger partial charge in [0.15, 0.2) is 0 Å². The van der Waals surface area contributed by atoms with Crippen LogP contribution >= 0.6 is 0 Å². The van der Waals surface area contributed by atoms with Gasteiger partial charge >= 0.3 is 0 Å². The van der Waals surface area contributed by atoms with Crippen molar-refractivity contribution in [3.8, 4) is 0 Å². The molecule has 3 heteroatoms. The zero-order chi connectivity index (χ0) is 15.2. The van der Waals surface area contributed by atoms with Gasteiger partial charge in [-0.15, -0.1) is 0 Å². The summed E-state index contributed by atoms with van der Waals surface area (Å²) < 4.78 is 0. The number of hydrogen-bond donors (Lipinski definition) is 2. The summed E-state index contributed by atoms with van der Waals surface area (Å²) in [6.07, 6.45) is -0.345. The van der Waals surface area contributed by atoms with E-state index in [0.29, 0.717) is 6.54 Å². The Morgan fingerprint density at radius 1 is 1.15 bits per heavy atom. The molecule has 20 heavy (non-hydrogen) atoms. The minimum atomic E-state index is -0.345. The number of aliphatic hydroxyl groups excluding tert-OH is 1. The van der Waals surface area contributed by atoms with Gasteiger partial charge in [0, 0.05) is 18.8 Å². The number of hydrogen-bond acceptors (Lipinski definition) is 3. The van der Waals surface area contributed by atoms with E-state index in [1.807, 2.05) is 6.07 Å². The van der Waals surface area contributed by atoms with Crippen LogP contribution in [0.15, 0.2) is 24.3 Å². The number of nitrogens with zero attached hydrogens (tertiary/aromatic N) is 1. The first-order chi connectivity index (χ1) is 9.38. The van der Waals surface area contributed by atoms with Crippen LogP contribution in [0.5, 0.6) is 0 Å². The molecule has 1 atom stereocenters. The molecule has 3 nitrogen and oxygen atoms in total. The lowest BCUT2D eigenvalue weighted by molar-refractivity contribution is 0.128. The molecule has 0 radical (unpaired) electrons. The highest BCUT2D eigenvalue weighted by Crippen LogP contribution is 2.29. The Balaban J connectivity index is 2.62. The lowest BCUT2D eigenvalue weighted by Crippen LogP contribution is -2.36. The molecule has 0 fully saturated rings. The molecule has 1 unspecified atom stereocenters. The summed E-state index contributed by atoms with van der Waals surface area (Å²) in [5, 5.41) is 13.5. The molecular weight excluding hydrogens is 248 g/mol. The average molecular weight is 278 g/mol. The Morgan fingerprint density at radius 2 is 1.75 bits per heavy atom. The summed E-state index contributed by atoms with van der Waals surface area (Å²) in [5.74, 6) is 0. The van der Waals surface area contributed by atoms with Gasteiger partial charge in [0.1, 0.15) is 0 Å². The van der Waals surface area contributed by atoms with E-state index in [1.54, 1.807) is 0 Å². The fraction of sp³-hybridized carbons (Fsp3) is 0.647. The third-order valence-corrected chi connectivity index (χ3v) is 3.63. The van der Waals surface area contributed by atoms with Gasteiger partial charge in [0.2, 0.25) is 0 Å². The summed E-state index contributed by atoms with van der Waals surface area (Å²) in [6.45, 7) is 14.1. The summed E-state index contributed by atoms with van der Waals surface area (Å²) in [5.41, 5.74) is 2.52. The van der Waals surface area contributed by atoms with E-state index in [4.69, 9.17) is 0 Å². The summed E-state index contributed by atoms with van der Waals surface area (Å²) in [6, 6.07) is 8.34. The Morgan fingerprint density at radius 3 is 2.30 bits per heavy atom. The second-order valence-corrected chi connectivity index (χ2v) is 6.32. The van der Waals surface area contributed by atoms with Crippen molar-refractivity contribution in [1.82, 2.24) is 4.90 Å². The summed E-state index contributed by atoms with van der Waals surface area (Å²) in [4.78, 5) is 2.24. The monoisotopic (exact) mass is 278 g/mol. The third-order valence-electron chi connectivity index (χ3n) is 3.63. The van der Waals surface area contributed by atoms with Crippen LogP contribution in [0.25, 0.3) is 0 Å². The van der Waals surface area contributed by atoms with Crippen LogP contribution in [0.3, 0.4) is 0 Å². The van der Waals surface area contributed by atoms with Crippen LogP contribution in [-0.2, 0) is 5.41 Å². The maximum atomic E-state index is 10.1. The van der Waals surface area contributed by atoms with E-state index in [0.717, 1.165) is 25.3 Å². The molecule has 1 rings (SSSR count). The molecule has 0 aliphatic rings. The number of likely N-dealkylation sites (N-methyl/N-ethyl adjacent to an activating group) is 1. The van der Waals surface area contributed by atoms with E-state index in [-0.39, 0.29) is 11.5 Å². The molecule has 0 amide bonds. The van der Waals surface area contributed by atoms with E-state index >= 15 is 0 Å². The Labute approximate surface area is 124 Å². The second kappa shape index (κ2) is 7.65. The topological polar surface area (TPSA) is 35.5 Å². The van der Waals surface area contributed by atoms with Crippen molar-refractivity contribution in [2.75, 3.05) is 31.5 Å². The molecular formula is C17H30N2O. The van der Waals surface area contributed by atoms with E-state index in [1.165, 1.54) is 5.56 Å². The zero-order valence-electron chi connectivity index (χ0n) is 13.6. The second-order valence-electron chi connectivity index (χ2n) is 6.32. The largest absolute Gasteiger partial charge is 0.390 e. The summed E-state index contributed by atoms with van der Waals surface area (Å²) in [7, 11) is 0. The van der Waals surface area contributed by atoms with Gasteiger partial charge in [-0.05, 0) is 30.1 Å². The Hall–Kier alpha value is -1.06. The highest BCUT2D eigenvalue weighted by molar-refractivity contribution is 5.54. The first-order valence-corrected chi connectivity index (χ1v) is 7.62. The molecule has 1 aromatic carbocycles. The SMILES string of the molecule is CCN(CC)CC(O)CNc1ccccc1C(C)(C)C. The summed E-state index contributed by atoms with van der Waals surface area (Å²) >= 11 is 0. The van der Waals surface area contributed by atoms with Crippen molar-refractivity contribution >= 4 is 5.69 Å². The Kier molecular flexibility index (Phi) is 6.50. The molecule has 2 N–H and O–H groups in total. The van der Waals surface area contributed by atoms with Gasteiger partial charge in [-0.2, -0.15) is 0 Å². The predicted octanol–water partition coefficient (Wildman–Crippen LogP) is 3.10. The maximum Gasteiger partial charge on any atom is 0.0839 e. The zero-order valence-corrected chi connectivity index (χ0v) is 13.6. The van der Waals surface area contributed by atoms with Crippen LogP contribution in [0.2, 0.25) is 0 Å². The number of aliphatic hydroxyl groups is 1. The van der Waals surface area contributed by atoms with Crippen molar-refractivity contribution in [2.24, 2.45) is 0 Å². The number of anilines is 1. The molecule has 0 saturated heterocycles. The standard InChI is InChI=1S/C17H30N2O/c1-6-19(7-2)13-14(20)12-18-16-11-9-8-10-15(16)17(3,4)5/h8-11,14,18,20H,6-7,12-13H2,1-5H3. The fourth-order valence-corrected chi connectivity index (χ4v) is 2.36. The van der Waals surface area contributed by atoms with Gasteiger partial charge in [-0.3, -0.25) is 0 Å². The molecule has 1 aromatic rings. The smallest absolute Gasteiger partial charge is 0.0839 e. The molecule has 0 bridgehead atoms. The minimum Gasteiger partial charge on any atom is -0.390 e. The van der Waals surface area contributed by atoms with Gasteiger partial charge in [-0.1, -0.05) is 52.8 Å². The van der Waals surface area contributed by atoms with E-state index in [2.05, 4.69) is 63.0 Å². The van der Waals surface area contributed by atoms with Gasteiger partial charge in [0.25, 0.3) is 0 Å². The maximum absolute atomic E-state index is 10.1. The van der Waals surface area contributed by atoms with Crippen molar-refractivity contribution in [1.29, 1.82) is 0 Å². The van der Waals surface area contributed by atoms with Crippen LogP contribution in [0, 0.1) is 0 Å². The molecule has 0 aliphatic heterocycles. The Bertz CT molecular complexity index is 394. The van der Waals surface area contributed by atoms with Crippen LogP contribution in [-0.4, -0.2) is 42.3 Å². The highest BCUT2D eigenvalue weighted by Gasteiger charge is 2.18. The van der Waals surface area contributed by atoms with Crippen molar-refractivity contribution in [3.63, 3.8) is 0 Å². The number of nitrogens with one attached hydrogen (secondary N) is 1. The van der Waals surface area contributed by atoms with Crippen LogP contribution in [0.1, 0.15) is 40.2 Å². The van der Waals surface area contributed by atoms with E-state index in [9.17, 15) is 5.11 Å². The average Bonchev–Trinajstić information content (AvgIpc) is 2.41. The molecule has 0 spiro atoms. The number of benzene rings is 1. The molecule has 0 aliphatic carbocycles. The first kappa shape index (κ1) is 17.0. The minimum absolute atomic E-state index is 0.105. The normalized spacial score (nSPS) is 13.6. The molecule has 0 aromatic heterocycles. The molecule has 114 valence electrons. The molecule has 0 saturated carbocycles. The van der Waals surface area contributed by atoms with Crippen molar-refractivity contribution in [3.05, 3.63) is 29.8 Å². The van der Waals surface area contributed by atoms with Crippen molar-refractivity contribution in [2.45, 2.75) is 46.1 Å². The first-order valence-electron chi connectivity index (χ1n) is 7.62. The lowest BCUT2D eigenvalue weighted by atomic mass is 9.86. The van der Waals surface area contributed by atoms with Crippen LogP contribution in [0.4, 0.5) is 5.69 Å². The highest BCUT2D eigenvalue weighted by atomic mass is 16.3. The quantitative estimate of drug-likeness (QED) is 0.804. The van der Waals surface area contributed by atoms with Gasteiger partial charge in [0.05, 0.1) is 6.10 Å². The number of para-hydroxylation sites is 1.